The molecule has 2 rings (SSSR count). The van der Waals surface area contributed by atoms with Gasteiger partial charge in [0.05, 0.1) is 0 Å². The lowest BCUT2D eigenvalue weighted by Gasteiger charge is -2.24. The zero-order valence-electron chi connectivity index (χ0n) is 11.5. The smallest absolute Gasteiger partial charge is 0.132 e. The number of halogens is 2. The Morgan fingerprint density at radius 2 is 1.95 bits per heavy atom. The number of hydrogen-bond acceptors (Lipinski definition) is 2. The van der Waals surface area contributed by atoms with Crippen molar-refractivity contribution in [2.24, 2.45) is 0 Å². The van der Waals surface area contributed by atoms with E-state index >= 15 is 0 Å². The van der Waals surface area contributed by atoms with Crippen LogP contribution in [0.15, 0.2) is 22.7 Å². The van der Waals surface area contributed by atoms with E-state index in [-0.39, 0.29) is 5.54 Å². The highest BCUT2D eigenvalue weighted by atomic mass is 79.9. The van der Waals surface area contributed by atoms with Gasteiger partial charge < -0.3 is 10.3 Å². The fourth-order valence-corrected chi connectivity index (χ4v) is 3.15. The van der Waals surface area contributed by atoms with Crippen molar-refractivity contribution in [1.82, 2.24) is 9.55 Å². The molecule has 102 valence electrons. The highest BCUT2D eigenvalue weighted by Crippen LogP contribution is 2.36. The molecule has 2 aromatic rings. The van der Waals surface area contributed by atoms with E-state index in [0.717, 1.165) is 21.6 Å². The number of aromatic nitrogens is 2. The van der Waals surface area contributed by atoms with E-state index in [1.54, 1.807) is 0 Å². The van der Waals surface area contributed by atoms with Crippen LogP contribution in [0, 0.1) is 6.92 Å². The summed E-state index contributed by atoms with van der Waals surface area (Å²) in [5, 5.41) is 0.682. The van der Waals surface area contributed by atoms with E-state index in [1.807, 2.05) is 29.7 Å². The number of anilines is 1. The van der Waals surface area contributed by atoms with E-state index in [2.05, 4.69) is 41.7 Å². The molecule has 0 amide bonds. The van der Waals surface area contributed by atoms with Crippen LogP contribution in [0.1, 0.15) is 26.6 Å². The number of nitrogens with zero attached hydrogens (tertiary/aromatic N) is 2. The highest BCUT2D eigenvalue weighted by Gasteiger charge is 2.23. The Kier molecular flexibility index (Phi) is 3.67. The molecular formula is C14H17BrClN3. The van der Waals surface area contributed by atoms with Gasteiger partial charge in [-0.2, -0.15) is 0 Å². The Labute approximate surface area is 126 Å². The van der Waals surface area contributed by atoms with Gasteiger partial charge in [-0.3, -0.25) is 0 Å². The molecule has 0 fully saturated rings. The molecule has 0 atom stereocenters. The Balaban J connectivity index is 2.65. The first-order valence-corrected chi connectivity index (χ1v) is 7.19. The van der Waals surface area contributed by atoms with Gasteiger partial charge >= 0.3 is 0 Å². The maximum absolute atomic E-state index is 6.28. The molecule has 0 saturated carbocycles. The first-order chi connectivity index (χ1) is 8.71. The molecular weight excluding hydrogens is 326 g/mol. The van der Waals surface area contributed by atoms with E-state index in [9.17, 15) is 0 Å². The van der Waals surface area contributed by atoms with Gasteiger partial charge in [0.25, 0.3) is 0 Å². The predicted octanol–water partition coefficient (Wildman–Crippen LogP) is 4.61. The van der Waals surface area contributed by atoms with Crippen LogP contribution in [0.5, 0.6) is 0 Å². The second-order valence-electron chi connectivity index (χ2n) is 5.52. The van der Waals surface area contributed by atoms with Crippen LogP contribution in [0.4, 0.5) is 5.82 Å². The summed E-state index contributed by atoms with van der Waals surface area (Å²) in [4.78, 5) is 4.60. The van der Waals surface area contributed by atoms with Crippen molar-refractivity contribution < 1.29 is 0 Å². The van der Waals surface area contributed by atoms with Crippen molar-refractivity contribution in [2.45, 2.75) is 33.2 Å². The topological polar surface area (TPSA) is 43.8 Å². The molecule has 0 bridgehead atoms. The Morgan fingerprint density at radius 3 is 2.42 bits per heavy atom. The van der Waals surface area contributed by atoms with Crippen molar-refractivity contribution in [1.29, 1.82) is 0 Å². The first kappa shape index (κ1) is 14.4. The maximum atomic E-state index is 6.28. The first-order valence-electron chi connectivity index (χ1n) is 6.02. The fourth-order valence-electron chi connectivity index (χ4n) is 2.28. The molecule has 1 aromatic heterocycles. The van der Waals surface area contributed by atoms with Gasteiger partial charge in [-0.15, -0.1) is 0 Å². The summed E-state index contributed by atoms with van der Waals surface area (Å²) in [7, 11) is 0. The van der Waals surface area contributed by atoms with Crippen LogP contribution in [-0.2, 0) is 5.54 Å². The molecule has 0 spiro atoms. The van der Waals surface area contributed by atoms with Gasteiger partial charge in [0.1, 0.15) is 17.3 Å². The van der Waals surface area contributed by atoms with Gasteiger partial charge in [0.15, 0.2) is 0 Å². The lowest BCUT2D eigenvalue weighted by atomic mass is 10.1. The van der Waals surface area contributed by atoms with Crippen molar-refractivity contribution in [2.75, 3.05) is 5.73 Å². The SMILES string of the molecule is Cc1nc(-c2ccc(Cl)cc2Br)c(N)n1C(C)(C)C. The van der Waals surface area contributed by atoms with Crippen LogP contribution in [0.3, 0.4) is 0 Å². The number of benzene rings is 1. The number of imidazole rings is 1. The monoisotopic (exact) mass is 341 g/mol. The summed E-state index contributed by atoms with van der Waals surface area (Å²) in [5.74, 6) is 1.58. The van der Waals surface area contributed by atoms with Crippen LogP contribution >= 0.6 is 27.5 Å². The third kappa shape index (κ3) is 2.65. The minimum Gasteiger partial charge on any atom is -0.383 e. The highest BCUT2D eigenvalue weighted by molar-refractivity contribution is 9.10. The third-order valence-electron chi connectivity index (χ3n) is 2.94. The van der Waals surface area contributed by atoms with Gasteiger partial charge in [-0.1, -0.05) is 33.6 Å². The normalized spacial score (nSPS) is 11.9. The molecule has 0 saturated heterocycles. The van der Waals surface area contributed by atoms with E-state index in [1.165, 1.54) is 0 Å². The van der Waals surface area contributed by atoms with Crippen LogP contribution in [0.25, 0.3) is 11.3 Å². The molecule has 0 aliphatic heterocycles. The van der Waals surface area contributed by atoms with Gasteiger partial charge in [0, 0.05) is 20.6 Å². The minimum atomic E-state index is -0.0989. The van der Waals surface area contributed by atoms with Gasteiger partial charge in [0.2, 0.25) is 0 Å². The molecule has 2 N–H and O–H groups in total. The summed E-state index contributed by atoms with van der Waals surface area (Å²) in [6.07, 6.45) is 0. The maximum Gasteiger partial charge on any atom is 0.132 e. The molecule has 1 heterocycles. The van der Waals surface area contributed by atoms with Crippen molar-refractivity contribution in [3.63, 3.8) is 0 Å². The zero-order chi connectivity index (χ0) is 14.4. The average Bonchev–Trinajstić information content (AvgIpc) is 2.53. The number of rotatable bonds is 1. The predicted molar refractivity (Wildman–Crippen MR) is 84.5 cm³/mol. The fraction of sp³-hybridized carbons (Fsp3) is 0.357. The number of nitrogens with two attached hydrogens (primary N) is 1. The van der Waals surface area contributed by atoms with E-state index in [4.69, 9.17) is 17.3 Å². The Bertz CT molecular complexity index is 626. The Morgan fingerprint density at radius 1 is 1.32 bits per heavy atom. The number of nitrogen functional groups attached to an aromatic ring is 1. The summed E-state index contributed by atoms with van der Waals surface area (Å²) >= 11 is 9.48. The van der Waals surface area contributed by atoms with E-state index in [0.29, 0.717) is 10.8 Å². The molecule has 1 aromatic carbocycles. The van der Waals surface area contributed by atoms with Gasteiger partial charge in [-0.05, 0) is 39.8 Å². The van der Waals surface area contributed by atoms with Gasteiger partial charge in [-0.25, -0.2) is 4.98 Å². The van der Waals surface area contributed by atoms with Crippen LogP contribution in [0.2, 0.25) is 5.02 Å². The lowest BCUT2D eigenvalue weighted by molar-refractivity contribution is 0.393. The van der Waals surface area contributed by atoms with Crippen molar-refractivity contribution in [3.05, 3.63) is 33.5 Å². The summed E-state index contributed by atoms with van der Waals surface area (Å²) < 4.78 is 2.94. The molecule has 0 radical (unpaired) electrons. The second kappa shape index (κ2) is 4.84. The summed E-state index contributed by atoms with van der Waals surface area (Å²) in [5.41, 5.74) is 7.92. The molecule has 0 aliphatic rings. The third-order valence-corrected chi connectivity index (χ3v) is 3.83. The zero-order valence-corrected chi connectivity index (χ0v) is 13.8. The quantitative estimate of drug-likeness (QED) is 0.822. The van der Waals surface area contributed by atoms with E-state index < -0.39 is 0 Å². The lowest BCUT2D eigenvalue weighted by Crippen LogP contribution is -2.24. The minimum absolute atomic E-state index is 0.0989. The average molecular weight is 343 g/mol. The molecule has 3 nitrogen and oxygen atoms in total. The van der Waals surface area contributed by atoms with Crippen molar-refractivity contribution in [3.8, 4) is 11.3 Å². The number of aryl methyl sites for hydroxylation is 1. The van der Waals surface area contributed by atoms with Crippen molar-refractivity contribution >= 4 is 33.3 Å². The Hall–Kier alpha value is -1.00. The summed E-state index contributed by atoms with van der Waals surface area (Å²) in [6.45, 7) is 8.30. The number of hydrogen-bond donors (Lipinski definition) is 1. The van der Waals surface area contributed by atoms with Crippen LogP contribution in [-0.4, -0.2) is 9.55 Å². The summed E-state index contributed by atoms with van der Waals surface area (Å²) in [6, 6.07) is 5.62. The molecule has 5 heteroatoms. The standard InChI is InChI=1S/C14H17BrClN3/c1-8-18-12(13(17)19(8)14(2,3)4)10-6-5-9(16)7-11(10)15/h5-7H,17H2,1-4H3. The second-order valence-corrected chi connectivity index (χ2v) is 6.81. The molecule has 19 heavy (non-hydrogen) atoms. The molecule has 0 aliphatic carbocycles. The largest absolute Gasteiger partial charge is 0.383 e. The van der Waals surface area contributed by atoms with Crippen LogP contribution < -0.4 is 5.73 Å². The molecule has 0 unspecified atom stereocenters.